The fourth-order valence-electron chi connectivity index (χ4n) is 3.14. The van der Waals surface area contributed by atoms with Crippen LogP contribution in [0.25, 0.3) is 0 Å². The Labute approximate surface area is 187 Å². The van der Waals surface area contributed by atoms with Crippen LogP contribution in [0.5, 0.6) is 5.75 Å². The van der Waals surface area contributed by atoms with E-state index >= 15 is 0 Å². The molecular weight excluding hydrogens is 436 g/mol. The maximum absolute atomic E-state index is 12.9. The third-order valence-electron chi connectivity index (χ3n) is 4.88. The first-order chi connectivity index (χ1) is 14.6. The number of hydrogen-bond acceptors (Lipinski definition) is 4. The van der Waals surface area contributed by atoms with Crippen molar-refractivity contribution in [3.8, 4) is 5.75 Å². The minimum atomic E-state index is -3.79. The maximum atomic E-state index is 12.9. The molecule has 6 nitrogen and oxygen atoms in total. The Hall–Kier alpha value is -3.03. The number of amides is 1. The van der Waals surface area contributed by atoms with Crippen molar-refractivity contribution >= 4 is 38.9 Å². The number of nitrogens with one attached hydrogen (secondary N) is 1. The molecule has 0 fully saturated rings. The Morgan fingerprint density at radius 2 is 1.58 bits per heavy atom. The lowest BCUT2D eigenvalue weighted by Gasteiger charge is -2.18. The second kappa shape index (κ2) is 8.99. The van der Waals surface area contributed by atoms with E-state index in [-0.39, 0.29) is 10.8 Å². The molecule has 0 heterocycles. The molecule has 162 valence electrons. The summed E-state index contributed by atoms with van der Waals surface area (Å²) >= 11 is 5.87. The number of halogens is 1. The number of anilines is 2. The summed E-state index contributed by atoms with van der Waals surface area (Å²) in [7, 11) is -0.588. The van der Waals surface area contributed by atoms with Gasteiger partial charge in [-0.3, -0.25) is 9.52 Å². The van der Waals surface area contributed by atoms with E-state index in [2.05, 4.69) is 4.72 Å². The number of carbonyl (C=O) groups excluding carboxylic acids is 1. The third-order valence-corrected chi connectivity index (χ3v) is 6.66. The van der Waals surface area contributed by atoms with Crippen LogP contribution in [0.15, 0.2) is 65.6 Å². The number of methoxy groups -OCH3 is 1. The number of rotatable bonds is 6. The van der Waals surface area contributed by atoms with Gasteiger partial charge in [-0.1, -0.05) is 11.6 Å². The molecule has 31 heavy (non-hydrogen) atoms. The zero-order chi connectivity index (χ0) is 22.8. The Kier molecular flexibility index (Phi) is 6.57. The summed E-state index contributed by atoms with van der Waals surface area (Å²) in [5.74, 6) is 0.434. The van der Waals surface area contributed by atoms with Crippen molar-refractivity contribution in [2.45, 2.75) is 18.7 Å². The Morgan fingerprint density at radius 3 is 2.16 bits per heavy atom. The van der Waals surface area contributed by atoms with Crippen LogP contribution in [0.2, 0.25) is 5.02 Å². The smallest absolute Gasteiger partial charge is 0.262 e. The number of nitrogens with zero attached hydrogens (tertiary/aromatic N) is 1. The van der Waals surface area contributed by atoms with Crippen molar-refractivity contribution in [2.75, 3.05) is 23.8 Å². The topological polar surface area (TPSA) is 75.7 Å². The molecule has 0 saturated heterocycles. The van der Waals surface area contributed by atoms with Gasteiger partial charge >= 0.3 is 0 Å². The first kappa shape index (κ1) is 22.7. The maximum Gasteiger partial charge on any atom is 0.262 e. The van der Waals surface area contributed by atoms with Gasteiger partial charge in [-0.15, -0.1) is 0 Å². The SMILES string of the molecule is COc1cc(C)c(S(=O)(=O)Nc2ccc(N(C)C(=O)c3ccc(Cl)cc3)cc2)cc1C. The van der Waals surface area contributed by atoms with Crippen LogP contribution in [-0.4, -0.2) is 28.5 Å². The summed E-state index contributed by atoms with van der Waals surface area (Å²) in [4.78, 5) is 14.3. The monoisotopic (exact) mass is 458 g/mol. The van der Waals surface area contributed by atoms with E-state index < -0.39 is 10.0 Å². The van der Waals surface area contributed by atoms with Crippen LogP contribution in [0.1, 0.15) is 21.5 Å². The summed E-state index contributed by atoms with van der Waals surface area (Å²) in [5.41, 5.74) is 2.83. The van der Waals surface area contributed by atoms with Gasteiger partial charge in [0.2, 0.25) is 0 Å². The van der Waals surface area contributed by atoms with Crippen molar-refractivity contribution in [3.63, 3.8) is 0 Å². The molecule has 0 aliphatic heterocycles. The molecule has 0 atom stereocenters. The van der Waals surface area contributed by atoms with E-state index in [1.54, 1.807) is 88.7 Å². The van der Waals surface area contributed by atoms with Gasteiger partial charge in [0.1, 0.15) is 5.75 Å². The van der Waals surface area contributed by atoms with E-state index in [4.69, 9.17) is 16.3 Å². The molecule has 0 aromatic heterocycles. The van der Waals surface area contributed by atoms with Crippen LogP contribution in [-0.2, 0) is 10.0 Å². The Morgan fingerprint density at radius 1 is 0.968 bits per heavy atom. The molecule has 0 aliphatic carbocycles. The molecule has 1 N–H and O–H groups in total. The van der Waals surface area contributed by atoms with Crippen molar-refractivity contribution in [1.29, 1.82) is 0 Å². The first-order valence-electron chi connectivity index (χ1n) is 9.44. The quantitative estimate of drug-likeness (QED) is 0.561. The van der Waals surface area contributed by atoms with Gasteiger partial charge in [0.25, 0.3) is 15.9 Å². The van der Waals surface area contributed by atoms with Crippen LogP contribution in [0.3, 0.4) is 0 Å². The van der Waals surface area contributed by atoms with E-state index in [0.717, 1.165) is 5.56 Å². The van der Waals surface area contributed by atoms with Crippen molar-refractivity contribution < 1.29 is 17.9 Å². The van der Waals surface area contributed by atoms with Gasteiger partial charge in [-0.2, -0.15) is 0 Å². The minimum absolute atomic E-state index is 0.185. The lowest BCUT2D eigenvalue weighted by atomic mass is 10.1. The number of ether oxygens (including phenoxy) is 1. The van der Waals surface area contributed by atoms with Gasteiger partial charge in [-0.25, -0.2) is 8.42 Å². The largest absolute Gasteiger partial charge is 0.496 e. The Balaban J connectivity index is 1.79. The highest BCUT2D eigenvalue weighted by Gasteiger charge is 2.19. The molecular formula is C23H23ClN2O4S. The number of hydrogen-bond donors (Lipinski definition) is 1. The van der Waals surface area contributed by atoms with Crippen LogP contribution in [0.4, 0.5) is 11.4 Å². The second-order valence-electron chi connectivity index (χ2n) is 7.11. The van der Waals surface area contributed by atoms with E-state index in [0.29, 0.717) is 33.3 Å². The van der Waals surface area contributed by atoms with Crippen LogP contribution >= 0.6 is 11.6 Å². The highest BCUT2D eigenvalue weighted by Crippen LogP contribution is 2.28. The number of benzene rings is 3. The predicted octanol–water partition coefficient (Wildman–Crippen LogP) is 5.04. The lowest BCUT2D eigenvalue weighted by molar-refractivity contribution is 0.0993. The predicted molar refractivity (Wildman–Crippen MR) is 124 cm³/mol. The average Bonchev–Trinajstić information content (AvgIpc) is 2.74. The summed E-state index contributed by atoms with van der Waals surface area (Å²) < 4.78 is 33.6. The van der Waals surface area contributed by atoms with Crippen LogP contribution < -0.4 is 14.4 Å². The van der Waals surface area contributed by atoms with Gasteiger partial charge in [0, 0.05) is 29.0 Å². The highest BCUT2D eigenvalue weighted by molar-refractivity contribution is 7.92. The van der Waals surface area contributed by atoms with Crippen molar-refractivity contribution in [2.24, 2.45) is 0 Å². The second-order valence-corrected chi connectivity index (χ2v) is 9.20. The van der Waals surface area contributed by atoms with E-state index in [1.165, 1.54) is 4.90 Å². The van der Waals surface area contributed by atoms with Gasteiger partial charge in [0.05, 0.1) is 12.0 Å². The van der Waals surface area contributed by atoms with Crippen LogP contribution in [0, 0.1) is 13.8 Å². The lowest BCUT2D eigenvalue weighted by Crippen LogP contribution is -2.26. The zero-order valence-electron chi connectivity index (χ0n) is 17.6. The molecule has 0 unspecified atom stereocenters. The molecule has 3 rings (SSSR count). The molecule has 0 saturated carbocycles. The molecule has 8 heteroatoms. The van der Waals surface area contributed by atoms with Gasteiger partial charge < -0.3 is 9.64 Å². The van der Waals surface area contributed by atoms with Crippen molar-refractivity contribution in [1.82, 2.24) is 0 Å². The summed E-state index contributed by atoms with van der Waals surface area (Å²) in [6.07, 6.45) is 0. The number of aryl methyl sites for hydroxylation is 2. The standard InChI is InChI=1S/C23H23ClN2O4S/c1-15-14-22(16(2)13-21(15)30-4)31(28,29)25-19-9-11-20(12-10-19)26(3)23(27)17-5-7-18(24)8-6-17/h5-14,25H,1-4H3. The van der Waals surface area contributed by atoms with E-state index in [1.807, 2.05) is 0 Å². The molecule has 3 aromatic carbocycles. The van der Waals surface area contributed by atoms with Gasteiger partial charge in [-0.05, 0) is 85.6 Å². The fraction of sp³-hybridized carbons (Fsp3) is 0.174. The first-order valence-corrected chi connectivity index (χ1v) is 11.3. The third kappa shape index (κ3) is 5.00. The molecule has 0 radical (unpaired) electrons. The van der Waals surface area contributed by atoms with Crippen molar-refractivity contribution in [3.05, 3.63) is 82.4 Å². The molecule has 3 aromatic rings. The molecule has 1 amide bonds. The molecule has 0 bridgehead atoms. The summed E-state index contributed by atoms with van der Waals surface area (Å²) in [5, 5.41) is 0.554. The normalized spacial score (nSPS) is 11.1. The summed E-state index contributed by atoms with van der Waals surface area (Å²) in [6, 6.07) is 16.5. The number of sulfonamides is 1. The fourth-order valence-corrected chi connectivity index (χ4v) is 4.64. The van der Waals surface area contributed by atoms with E-state index in [9.17, 15) is 13.2 Å². The molecule has 0 aliphatic rings. The number of carbonyl (C=O) groups is 1. The average molecular weight is 459 g/mol. The molecule has 0 spiro atoms. The zero-order valence-corrected chi connectivity index (χ0v) is 19.2. The minimum Gasteiger partial charge on any atom is -0.496 e. The van der Waals surface area contributed by atoms with Gasteiger partial charge in [0.15, 0.2) is 0 Å². The Bertz CT molecular complexity index is 1210. The summed E-state index contributed by atoms with van der Waals surface area (Å²) in [6.45, 7) is 3.51. The highest BCUT2D eigenvalue weighted by atomic mass is 35.5.